The van der Waals surface area contributed by atoms with Crippen molar-refractivity contribution in [3.05, 3.63) is 130 Å². The molecule has 0 aliphatic carbocycles. The van der Waals surface area contributed by atoms with Crippen molar-refractivity contribution in [2.45, 2.75) is 107 Å². The fraction of sp³-hybridized carbons (Fsp3) is 0.370. The number of phenolic OH excluding ortho intramolecular Hbond substituents is 2. The molecule has 0 aromatic heterocycles. The number of primary amides is 2. The van der Waals surface area contributed by atoms with E-state index in [0.717, 1.165) is 12.5 Å². The highest BCUT2D eigenvalue weighted by Gasteiger charge is 2.36. The van der Waals surface area contributed by atoms with Crippen molar-refractivity contribution >= 4 is 81.8 Å². The van der Waals surface area contributed by atoms with E-state index in [1.54, 1.807) is 24.3 Å². The van der Waals surface area contributed by atoms with Gasteiger partial charge in [-0.25, -0.2) is 0 Å². The summed E-state index contributed by atoms with van der Waals surface area (Å²) in [6, 6.07) is 12.6. The molecule has 80 heavy (non-hydrogen) atoms. The topological polar surface area (TPSA) is 406 Å². The Hall–Kier alpha value is -8.26. The number of nitrogens with one attached hydrogen (secondary N) is 8. The van der Waals surface area contributed by atoms with E-state index < -0.39 is 119 Å². The summed E-state index contributed by atoms with van der Waals surface area (Å²) in [6.45, 7) is 0.734. The second-order valence-corrected chi connectivity index (χ2v) is 20.4. The van der Waals surface area contributed by atoms with E-state index in [2.05, 4.69) is 42.5 Å². The summed E-state index contributed by atoms with van der Waals surface area (Å²) < 4.78 is 0. The quantitative estimate of drug-likeness (QED) is 0.0519. The molecule has 1 saturated heterocycles. The fourth-order valence-electron chi connectivity index (χ4n) is 8.15. The standard InChI is InChI=1S/C54H66ClN11O13S/c1-29(67)45-53(78)65-43(52(77)62-39(47(58)72)24-32-9-18-36(68)19-10-32)28-80-54(79)59-27-42(60-44(70)22-13-30-7-16-35(55)17-8-30)51(76)64-41(26-33-11-20-37(69)21-12-33)50(75)63-40(25-31-5-14-34(15-6-31)46(57)71)49(74)61-38(48(73)66-45)4-2-3-23-56/h5-12,14-21,29,38-43,45,67-69H,2-4,13,22-28,56H2,1H3,(H2,57,71)(H2,58,72)(H,59,79)(H,60,70)(H,61,74)(H,62,77)(H,63,75)(H,64,76)(H,65,78)(H,66,73)/t29?,38-,39+,40+,41-,42-,43-,45?/m0/s1. The molecule has 5 rings (SSSR count). The number of phenols is 2. The highest BCUT2D eigenvalue weighted by Crippen LogP contribution is 2.17. The lowest BCUT2D eigenvalue weighted by Gasteiger charge is -2.28. The van der Waals surface area contributed by atoms with Crippen LogP contribution in [-0.2, 0) is 64.0 Å². The molecule has 17 N–H and O–H groups in total. The molecule has 10 amide bonds. The SMILES string of the molecule is CC(O)C1NC(=O)[C@H](CCCCN)NC(=O)[C@@H](Cc2ccc(C(N)=O)cc2)NC(=O)[C@H](Cc2ccc(O)cc2)NC(=O)[C@@H](NC(=O)CCc2ccc(Cl)cc2)CNC(=O)SC[C@@H](C(=O)N[C@H](Cc2ccc(O)cc2)C(N)=O)NC1=O. The molecular weight excluding hydrogens is 1080 g/mol. The predicted octanol–water partition coefficient (Wildman–Crippen LogP) is -0.644. The van der Waals surface area contributed by atoms with Gasteiger partial charge < -0.3 is 75.1 Å². The number of aliphatic hydroxyl groups excluding tert-OH is 1. The molecule has 0 spiro atoms. The number of benzene rings is 4. The average Bonchev–Trinajstić information content (AvgIpc) is 3.42. The minimum absolute atomic E-state index is 0.0747. The van der Waals surface area contributed by atoms with Crippen molar-refractivity contribution in [2.75, 3.05) is 18.8 Å². The molecule has 2 unspecified atom stereocenters. The molecule has 26 heteroatoms. The molecule has 8 atom stereocenters. The maximum Gasteiger partial charge on any atom is 0.279 e. The summed E-state index contributed by atoms with van der Waals surface area (Å²) in [7, 11) is 0. The molecule has 1 heterocycles. The lowest BCUT2D eigenvalue weighted by molar-refractivity contribution is -0.136. The van der Waals surface area contributed by atoms with Crippen LogP contribution < -0.4 is 59.7 Å². The highest BCUT2D eigenvalue weighted by atomic mass is 35.5. The molecule has 0 saturated carbocycles. The zero-order valence-corrected chi connectivity index (χ0v) is 45.1. The van der Waals surface area contributed by atoms with Gasteiger partial charge in [0, 0.05) is 48.6 Å². The monoisotopic (exact) mass is 1140 g/mol. The van der Waals surface area contributed by atoms with Gasteiger partial charge in [-0.2, -0.15) is 0 Å². The van der Waals surface area contributed by atoms with E-state index in [-0.39, 0.29) is 68.6 Å². The smallest absolute Gasteiger partial charge is 0.279 e. The van der Waals surface area contributed by atoms with Gasteiger partial charge in [0.15, 0.2) is 0 Å². The number of unbranched alkanes of at least 4 members (excludes halogenated alkanes) is 1. The summed E-state index contributed by atoms with van der Waals surface area (Å²) in [5.74, 6) is -9.21. The van der Waals surface area contributed by atoms with E-state index in [9.17, 15) is 63.3 Å². The second-order valence-electron chi connectivity index (χ2n) is 19.0. The maximum atomic E-state index is 14.7. The van der Waals surface area contributed by atoms with Crippen molar-refractivity contribution in [3.8, 4) is 11.5 Å². The Morgan fingerprint density at radius 2 is 1.20 bits per heavy atom. The molecule has 4 aromatic rings. The van der Waals surface area contributed by atoms with Gasteiger partial charge in [-0.15, -0.1) is 0 Å². The van der Waals surface area contributed by atoms with Crippen LogP contribution in [0.1, 0.15) is 65.2 Å². The van der Waals surface area contributed by atoms with Gasteiger partial charge in [-0.05, 0) is 110 Å². The van der Waals surface area contributed by atoms with E-state index in [0.29, 0.717) is 39.9 Å². The van der Waals surface area contributed by atoms with Crippen molar-refractivity contribution < 1.29 is 63.3 Å². The summed E-state index contributed by atoms with van der Waals surface area (Å²) >= 11 is 6.47. The summed E-state index contributed by atoms with van der Waals surface area (Å²) in [4.78, 5) is 138. The molecular formula is C54H66ClN11O13S. The van der Waals surface area contributed by atoms with Gasteiger partial charge >= 0.3 is 0 Å². The van der Waals surface area contributed by atoms with Crippen molar-refractivity contribution in [2.24, 2.45) is 17.2 Å². The first kappa shape index (κ1) is 62.6. The zero-order chi connectivity index (χ0) is 58.5. The molecule has 0 radical (unpaired) electrons. The molecule has 4 aromatic carbocycles. The van der Waals surface area contributed by atoms with E-state index in [1.807, 2.05) is 0 Å². The molecule has 0 bridgehead atoms. The Kier molecular flexibility index (Phi) is 24.1. The van der Waals surface area contributed by atoms with Gasteiger partial charge in [-0.3, -0.25) is 47.9 Å². The average molecular weight is 1140 g/mol. The Bertz CT molecular complexity index is 2830. The Labute approximate surface area is 469 Å². The first-order chi connectivity index (χ1) is 38.1. The van der Waals surface area contributed by atoms with Crippen LogP contribution in [0.5, 0.6) is 11.5 Å². The number of hydrogen-bond acceptors (Lipinski definition) is 15. The first-order valence-corrected chi connectivity index (χ1v) is 26.8. The van der Waals surface area contributed by atoms with Gasteiger partial charge in [0.25, 0.3) is 5.24 Å². The van der Waals surface area contributed by atoms with Gasteiger partial charge in [-0.1, -0.05) is 71.9 Å². The number of halogens is 1. The van der Waals surface area contributed by atoms with Crippen LogP contribution in [0.25, 0.3) is 0 Å². The number of carbonyl (C=O) groups excluding carboxylic acids is 10. The third-order valence-corrected chi connectivity index (χ3v) is 13.8. The van der Waals surface area contributed by atoms with Gasteiger partial charge in [0.05, 0.1) is 6.10 Å². The molecule has 1 aliphatic heterocycles. The number of amides is 10. The van der Waals surface area contributed by atoms with E-state index in [1.165, 1.54) is 72.8 Å². The summed E-state index contributed by atoms with van der Waals surface area (Å²) in [5.41, 5.74) is 19.1. The summed E-state index contributed by atoms with van der Waals surface area (Å²) in [5, 5.41) is 50.8. The van der Waals surface area contributed by atoms with Crippen molar-refractivity contribution in [1.29, 1.82) is 0 Å². The van der Waals surface area contributed by atoms with Crippen LogP contribution >= 0.6 is 23.4 Å². The van der Waals surface area contributed by atoms with Crippen LogP contribution in [0.3, 0.4) is 0 Å². The fourth-order valence-corrected chi connectivity index (χ4v) is 9.02. The Morgan fingerprint density at radius 1 is 0.675 bits per heavy atom. The van der Waals surface area contributed by atoms with Crippen LogP contribution in [0.15, 0.2) is 97.1 Å². The second kappa shape index (κ2) is 30.8. The number of nitrogens with two attached hydrogens (primary N) is 3. The first-order valence-electron chi connectivity index (χ1n) is 25.5. The number of thioether (sulfide) groups is 1. The van der Waals surface area contributed by atoms with Crippen molar-refractivity contribution in [1.82, 2.24) is 42.5 Å². The number of hydrogen-bond donors (Lipinski definition) is 14. The van der Waals surface area contributed by atoms with E-state index >= 15 is 0 Å². The molecule has 428 valence electrons. The Morgan fingerprint density at radius 3 is 1.75 bits per heavy atom. The lowest BCUT2D eigenvalue weighted by Crippen LogP contribution is -2.62. The molecule has 24 nitrogen and oxygen atoms in total. The largest absolute Gasteiger partial charge is 0.508 e. The number of aromatic hydroxyl groups is 2. The van der Waals surface area contributed by atoms with Gasteiger partial charge in [0.2, 0.25) is 53.2 Å². The van der Waals surface area contributed by atoms with Crippen LogP contribution in [0.2, 0.25) is 5.02 Å². The van der Waals surface area contributed by atoms with Crippen molar-refractivity contribution in [3.63, 3.8) is 0 Å². The van der Waals surface area contributed by atoms with Crippen LogP contribution in [-0.4, -0.2) is 141 Å². The van der Waals surface area contributed by atoms with Crippen LogP contribution in [0.4, 0.5) is 4.79 Å². The van der Waals surface area contributed by atoms with Gasteiger partial charge in [0.1, 0.15) is 53.8 Å². The minimum atomic E-state index is -1.83. The number of aryl methyl sites for hydroxylation is 1. The van der Waals surface area contributed by atoms with E-state index in [4.69, 9.17) is 28.8 Å². The lowest BCUT2D eigenvalue weighted by atomic mass is 10.00. The third-order valence-electron chi connectivity index (χ3n) is 12.7. The zero-order valence-electron chi connectivity index (χ0n) is 43.6. The van der Waals surface area contributed by atoms with Crippen LogP contribution in [0, 0.1) is 0 Å². The minimum Gasteiger partial charge on any atom is -0.508 e. The molecule has 1 fully saturated rings. The summed E-state index contributed by atoms with van der Waals surface area (Å²) in [6.07, 6.45) is -1.81. The number of aliphatic hydroxyl groups is 1. The third kappa shape index (κ3) is 20.2. The highest BCUT2D eigenvalue weighted by molar-refractivity contribution is 8.13. The normalized spacial score (nSPS) is 20.6. The Balaban J connectivity index is 1.57. The number of rotatable bonds is 19. The number of carbonyl (C=O) groups is 10. The molecule has 1 aliphatic rings. The predicted molar refractivity (Wildman–Crippen MR) is 295 cm³/mol. The maximum absolute atomic E-state index is 14.7.